The van der Waals surface area contributed by atoms with Crippen molar-refractivity contribution in [1.82, 2.24) is 0 Å². The molecule has 8 nitrogen and oxygen atoms in total. The number of hydrogen-bond donors (Lipinski definition) is 1. The third kappa shape index (κ3) is 5.29. The molecule has 0 radical (unpaired) electrons. The molecule has 1 N–H and O–H groups in total. The Morgan fingerprint density at radius 2 is 1.97 bits per heavy atom. The van der Waals surface area contributed by atoms with Crippen LogP contribution >= 0.6 is 0 Å². The van der Waals surface area contributed by atoms with Crippen molar-refractivity contribution >= 4 is 44.7 Å². The lowest BCUT2D eigenvalue weighted by Gasteiger charge is -2.35. The summed E-state index contributed by atoms with van der Waals surface area (Å²) in [7, 11) is -4.27. The molecule has 1 amide bonds. The number of amides is 1. The van der Waals surface area contributed by atoms with Crippen molar-refractivity contribution in [3.63, 3.8) is 0 Å². The van der Waals surface area contributed by atoms with Gasteiger partial charge in [-0.2, -0.15) is 8.42 Å². The summed E-state index contributed by atoms with van der Waals surface area (Å²) in [5.74, 6) is -3.20. The maximum Gasteiger partial charge on any atom is 0.286 e. The van der Waals surface area contributed by atoms with Crippen LogP contribution in [-0.4, -0.2) is 39.1 Å². The molecule has 0 spiro atoms. The monoisotopic (exact) mass is 527 g/mol. The number of benzene rings is 2. The second-order valence-electron chi connectivity index (χ2n) is 9.54. The number of nitrogens with zero attached hydrogens (tertiary/aromatic N) is 2. The second-order valence-corrected chi connectivity index (χ2v) is 11.1. The lowest BCUT2D eigenvalue weighted by molar-refractivity contribution is -0.119. The van der Waals surface area contributed by atoms with Gasteiger partial charge in [0.1, 0.15) is 22.3 Å². The number of unbranched alkanes of at least 4 members (excludes halogenated alkanes) is 1. The van der Waals surface area contributed by atoms with Crippen LogP contribution in [0.4, 0.5) is 15.8 Å². The van der Waals surface area contributed by atoms with Crippen molar-refractivity contribution in [3.8, 4) is 0 Å². The standard InChI is InChI=1S/C27H30FN3O5S/c1-5-6-13-36-17(4)18-7-9-21-23(14-18)37(34,35)30-26(29-21)24-25(32)20-15-19(28)8-10-22(20)31(27(24)33)12-11-16(2)3/h7-10,14-16,24H,4-6,11-13H2,1-3H3,(H,29,30). The highest BCUT2D eigenvalue weighted by atomic mass is 32.2. The summed E-state index contributed by atoms with van der Waals surface area (Å²) in [6.07, 6.45) is 2.41. The van der Waals surface area contributed by atoms with Gasteiger partial charge >= 0.3 is 0 Å². The van der Waals surface area contributed by atoms with E-state index in [1.165, 1.54) is 29.2 Å². The minimum absolute atomic E-state index is 0.0110. The molecule has 4 rings (SSSR count). The van der Waals surface area contributed by atoms with Gasteiger partial charge in [-0.25, -0.2) is 4.39 Å². The molecule has 2 aromatic carbocycles. The average molecular weight is 528 g/mol. The van der Waals surface area contributed by atoms with Gasteiger partial charge in [-0.15, -0.1) is 4.40 Å². The number of halogens is 1. The Labute approximate surface area is 216 Å². The maximum atomic E-state index is 14.1. The molecule has 10 heteroatoms. The molecule has 0 fully saturated rings. The van der Waals surface area contributed by atoms with E-state index < -0.39 is 33.4 Å². The Bertz CT molecular complexity index is 1400. The van der Waals surface area contributed by atoms with Crippen molar-refractivity contribution in [2.75, 3.05) is 23.4 Å². The van der Waals surface area contributed by atoms with E-state index in [-0.39, 0.29) is 27.9 Å². The molecule has 0 aliphatic carbocycles. The number of Topliss-reactive ketones (excluding diaryl/α,β-unsaturated/α-hetero) is 1. The lowest BCUT2D eigenvalue weighted by atomic mass is 9.88. The maximum absolute atomic E-state index is 14.1. The molecule has 196 valence electrons. The first-order valence-corrected chi connectivity index (χ1v) is 13.7. The minimum Gasteiger partial charge on any atom is -0.494 e. The summed E-state index contributed by atoms with van der Waals surface area (Å²) in [5, 5.41) is 2.87. The molecule has 1 unspecified atom stereocenters. The molecule has 2 aromatic rings. The lowest BCUT2D eigenvalue weighted by Crippen LogP contribution is -2.50. The van der Waals surface area contributed by atoms with E-state index in [4.69, 9.17) is 4.74 Å². The van der Waals surface area contributed by atoms with Crippen LogP contribution in [0.1, 0.15) is 56.0 Å². The van der Waals surface area contributed by atoms with E-state index in [0.29, 0.717) is 36.6 Å². The highest BCUT2D eigenvalue weighted by Gasteiger charge is 2.45. The largest absolute Gasteiger partial charge is 0.494 e. The summed E-state index contributed by atoms with van der Waals surface area (Å²) in [6.45, 7) is 10.6. The Balaban J connectivity index is 1.70. The molecule has 2 aliphatic rings. The topological polar surface area (TPSA) is 105 Å². The zero-order valence-corrected chi connectivity index (χ0v) is 21.9. The van der Waals surface area contributed by atoms with Crippen molar-refractivity contribution in [3.05, 3.63) is 59.9 Å². The molecule has 2 heterocycles. The van der Waals surface area contributed by atoms with E-state index in [1.807, 2.05) is 20.8 Å². The van der Waals surface area contributed by atoms with Crippen LogP contribution in [0.2, 0.25) is 0 Å². The van der Waals surface area contributed by atoms with Crippen LogP contribution < -0.4 is 10.2 Å². The van der Waals surface area contributed by atoms with E-state index in [0.717, 1.165) is 18.9 Å². The van der Waals surface area contributed by atoms with Gasteiger partial charge in [-0.05, 0) is 55.2 Å². The number of anilines is 2. The number of nitrogens with one attached hydrogen (secondary N) is 1. The van der Waals surface area contributed by atoms with Crippen LogP contribution in [-0.2, 0) is 19.6 Å². The number of carbonyl (C=O) groups excluding carboxylic acids is 2. The van der Waals surface area contributed by atoms with Gasteiger partial charge in [-0.3, -0.25) is 9.59 Å². The highest BCUT2D eigenvalue weighted by Crippen LogP contribution is 2.36. The normalized spacial score (nSPS) is 18.1. The quantitative estimate of drug-likeness (QED) is 0.279. The fourth-order valence-electron chi connectivity index (χ4n) is 4.24. The molecular weight excluding hydrogens is 497 g/mol. The van der Waals surface area contributed by atoms with Crippen molar-refractivity contribution in [1.29, 1.82) is 0 Å². The molecule has 0 aromatic heterocycles. The number of amidine groups is 1. The number of hydrogen-bond acceptors (Lipinski definition) is 6. The smallest absolute Gasteiger partial charge is 0.286 e. The van der Waals surface area contributed by atoms with Crippen LogP contribution in [0.5, 0.6) is 0 Å². The Morgan fingerprint density at radius 3 is 2.68 bits per heavy atom. The van der Waals surface area contributed by atoms with Crippen molar-refractivity contribution < 1.29 is 27.1 Å². The Hall–Kier alpha value is -3.53. The number of rotatable bonds is 9. The molecule has 0 bridgehead atoms. The first-order valence-electron chi connectivity index (χ1n) is 12.3. The van der Waals surface area contributed by atoms with Gasteiger partial charge in [0.15, 0.2) is 11.7 Å². The van der Waals surface area contributed by atoms with Crippen molar-refractivity contribution in [2.45, 2.75) is 44.9 Å². The SMILES string of the molecule is C=C(OCCCC)c1ccc2c(c1)S(=O)(=O)N=C(C1C(=O)c3cc(F)ccc3N(CCC(C)C)C1=O)N2. The first kappa shape index (κ1) is 26.5. The van der Waals surface area contributed by atoms with Gasteiger partial charge in [0.2, 0.25) is 5.91 Å². The van der Waals surface area contributed by atoms with E-state index >= 15 is 0 Å². The molecule has 1 atom stereocenters. The van der Waals surface area contributed by atoms with Gasteiger partial charge in [-0.1, -0.05) is 33.8 Å². The van der Waals surface area contributed by atoms with Crippen molar-refractivity contribution in [2.24, 2.45) is 16.2 Å². The van der Waals surface area contributed by atoms with Crippen LogP contribution in [0.15, 0.2) is 52.3 Å². The third-order valence-electron chi connectivity index (χ3n) is 6.33. The van der Waals surface area contributed by atoms with Gasteiger partial charge in [0.05, 0.1) is 18.0 Å². The summed E-state index contributed by atoms with van der Waals surface area (Å²) >= 11 is 0. The number of ether oxygens (including phenoxy) is 1. The number of carbonyl (C=O) groups is 2. The van der Waals surface area contributed by atoms with Gasteiger partial charge < -0.3 is 15.0 Å². The summed E-state index contributed by atoms with van der Waals surface area (Å²) < 4.78 is 49.9. The Kier molecular flexibility index (Phi) is 7.49. The van der Waals surface area contributed by atoms with Gasteiger partial charge in [0.25, 0.3) is 10.0 Å². The predicted molar refractivity (Wildman–Crippen MR) is 141 cm³/mol. The van der Waals surface area contributed by atoms with Gasteiger partial charge in [0, 0.05) is 17.7 Å². The molecule has 0 saturated carbocycles. The number of fused-ring (bicyclic) bond motifs is 2. The molecule has 2 aliphatic heterocycles. The minimum atomic E-state index is -4.27. The molecule has 37 heavy (non-hydrogen) atoms. The summed E-state index contributed by atoms with van der Waals surface area (Å²) in [6, 6.07) is 8.22. The fraction of sp³-hybridized carbons (Fsp3) is 0.370. The fourth-order valence-corrected chi connectivity index (χ4v) is 5.42. The van der Waals surface area contributed by atoms with Crippen LogP contribution in [0.3, 0.4) is 0 Å². The zero-order valence-electron chi connectivity index (χ0n) is 21.1. The third-order valence-corrected chi connectivity index (χ3v) is 7.66. The summed E-state index contributed by atoms with van der Waals surface area (Å²) in [5.41, 5.74) is 0.971. The van der Waals surface area contributed by atoms with E-state index in [9.17, 15) is 22.4 Å². The number of ketones is 1. The summed E-state index contributed by atoms with van der Waals surface area (Å²) in [4.78, 5) is 28.2. The first-order chi connectivity index (χ1) is 17.5. The zero-order chi connectivity index (χ0) is 26.9. The highest BCUT2D eigenvalue weighted by molar-refractivity contribution is 7.90. The van der Waals surface area contributed by atoms with Crippen LogP contribution in [0.25, 0.3) is 5.76 Å². The molecular formula is C27H30FN3O5S. The van der Waals surface area contributed by atoms with E-state index in [1.54, 1.807) is 6.07 Å². The molecule has 0 saturated heterocycles. The van der Waals surface area contributed by atoms with E-state index in [2.05, 4.69) is 16.3 Å². The second kappa shape index (κ2) is 10.5. The number of sulfonamides is 1. The Morgan fingerprint density at radius 1 is 1.22 bits per heavy atom. The average Bonchev–Trinajstić information content (AvgIpc) is 2.83. The van der Waals surface area contributed by atoms with Crippen LogP contribution in [0, 0.1) is 17.7 Å². The predicted octanol–water partition coefficient (Wildman–Crippen LogP) is 5.02.